The minimum atomic E-state index is -4.67. The van der Waals surface area contributed by atoms with Crippen LogP contribution in [-0.4, -0.2) is 75.9 Å². The third-order valence-corrected chi connectivity index (χ3v) is 7.06. The fraction of sp³-hybridized carbons (Fsp3) is 0.750. The SMILES string of the molecule is CO[Si](CCCc1nccn1CCCS(=O)(=O)O)(OC)OC.O=S(=O)(O)O. The van der Waals surface area contributed by atoms with Crippen molar-refractivity contribution in [2.24, 2.45) is 0 Å². The molecule has 12 nitrogen and oxygen atoms in total. The van der Waals surface area contributed by atoms with Crippen molar-refractivity contribution in [3.63, 3.8) is 0 Å². The number of hydrogen-bond donors (Lipinski definition) is 3. The molecule has 0 atom stereocenters. The first-order valence-electron chi connectivity index (χ1n) is 7.66. The molecule has 0 bridgehead atoms. The van der Waals surface area contributed by atoms with Crippen molar-refractivity contribution in [1.29, 1.82) is 0 Å². The molecule has 1 rings (SSSR count). The van der Waals surface area contributed by atoms with Crippen LogP contribution in [0.15, 0.2) is 12.4 Å². The predicted molar refractivity (Wildman–Crippen MR) is 97.3 cm³/mol. The van der Waals surface area contributed by atoms with Gasteiger partial charge in [0.1, 0.15) is 5.82 Å². The average molecular weight is 451 g/mol. The van der Waals surface area contributed by atoms with Gasteiger partial charge in [-0.1, -0.05) is 0 Å². The largest absolute Gasteiger partial charge is 0.500 e. The summed E-state index contributed by atoms with van der Waals surface area (Å²) in [5.74, 6) is 0.610. The molecule has 1 heterocycles. The number of aryl methyl sites for hydroxylation is 2. The molecular formula is C12H26N2O10S2Si. The Morgan fingerprint density at radius 3 is 2.00 bits per heavy atom. The summed E-state index contributed by atoms with van der Waals surface area (Å²) >= 11 is 0. The van der Waals surface area contributed by atoms with Crippen LogP contribution in [0, 0.1) is 0 Å². The van der Waals surface area contributed by atoms with Crippen molar-refractivity contribution in [2.45, 2.75) is 31.9 Å². The predicted octanol–water partition coefficient (Wildman–Crippen LogP) is 0.319. The van der Waals surface area contributed by atoms with E-state index >= 15 is 0 Å². The zero-order chi connectivity index (χ0) is 21.1. The highest BCUT2D eigenvalue weighted by molar-refractivity contribution is 7.85. The van der Waals surface area contributed by atoms with Crippen LogP contribution in [-0.2, 0) is 46.8 Å². The number of nitrogens with zero attached hydrogens (tertiary/aromatic N) is 2. The molecule has 27 heavy (non-hydrogen) atoms. The van der Waals surface area contributed by atoms with Gasteiger partial charge in [0.2, 0.25) is 0 Å². The van der Waals surface area contributed by atoms with E-state index in [4.69, 9.17) is 35.4 Å². The van der Waals surface area contributed by atoms with E-state index in [1.165, 1.54) is 0 Å². The van der Waals surface area contributed by atoms with Gasteiger partial charge >= 0.3 is 19.2 Å². The summed E-state index contributed by atoms with van der Waals surface area (Å²) < 4.78 is 79.7. The fourth-order valence-electron chi connectivity index (χ4n) is 2.21. The molecule has 1 aromatic rings. The van der Waals surface area contributed by atoms with Gasteiger partial charge in [0.25, 0.3) is 10.1 Å². The van der Waals surface area contributed by atoms with E-state index in [1.807, 2.05) is 4.57 Å². The molecule has 0 unspecified atom stereocenters. The molecule has 160 valence electrons. The quantitative estimate of drug-likeness (QED) is 0.313. The summed E-state index contributed by atoms with van der Waals surface area (Å²) in [5.41, 5.74) is 0. The second kappa shape index (κ2) is 11.8. The molecule has 3 N–H and O–H groups in total. The third kappa shape index (κ3) is 13.0. The lowest BCUT2D eigenvalue weighted by Crippen LogP contribution is -2.42. The second-order valence-corrected chi connectivity index (χ2v) is 10.8. The molecule has 0 saturated carbocycles. The lowest BCUT2D eigenvalue weighted by Gasteiger charge is -2.24. The Labute approximate surface area is 160 Å². The Hall–Kier alpha value is -0.913. The summed E-state index contributed by atoms with van der Waals surface area (Å²) in [4.78, 5) is 4.27. The highest BCUT2D eigenvalue weighted by Crippen LogP contribution is 2.17. The van der Waals surface area contributed by atoms with Crippen molar-refractivity contribution >= 4 is 29.3 Å². The van der Waals surface area contributed by atoms with Gasteiger partial charge in [-0.25, -0.2) is 4.98 Å². The molecule has 0 spiro atoms. The van der Waals surface area contributed by atoms with Crippen LogP contribution in [0.4, 0.5) is 0 Å². The van der Waals surface area contributed by atoms with Crippen LogP contribution in [0.25, 0.3) is 0 Å². The lowest BCUT2D eigenvalue weighted by atomic mass is 10.3. The Morgan fingerprint density at radius 2 is 1.56 bits per heavy atom. The van der Waals surface area contributed by atoms with E-state index in [9.17, 15) is 8.42 Å². The van der Waals surface area contributed by atoms with Gasteiger partial charge in [-0.2, -0.15) is 16.8 Å². The first-order valence-corrected chi connectivity index (χ1v) is 12.6. The molecule has 0 fully saturated rings. The first-order chi connectivity index (χ1) is 12.4. The Bertz CT molecular complexity index is 730. The highest BCUT2D eigenvalue weighted by atomic mass is 32.3. The molecule has 0 aromatic carbocycles. The Kier molecular flexibility index (Phi) is 11.4. The minimum absolute atomic E-state index is 0.252. The van der Waals surface area contributed by atoms with Crippen LogP contribution in [0.5, 0.6) is 0 Å². The molecule has 0 amide bonds. The van der Waals surface area contributed by atoms with E-state index in [-0.39, 0.29) is 5.75 Å². The van der Waals surface area contributed by atoms with Crippen LogP contribution in [0.1, 0.15) is 18.7 Å². The van der Waals surface area contributed by atoms with Crippen molar-refractivity contribution < 1.29 is 43.8 Å². The van der Waals surface area contributed by atoms with Gasteiger partial charge in [0, 0.05) is 52.7 Å². The summed E-state index contributed by atoms with van der Waals surface area (Å²) in [6.07, 6.45) is 5.32. The zero-order valence-electron chi connectivity index (χ0n) is 15.3. The molecular weight excluding hydrogens is 424 g/mol. The van der Waals surface area contributed by atoms with Gasteiger partial charge in [-0.15, -0.1) is 0 Å². The van der Waals surface area contributed by atoms with Crippen molar-refractivity contribution in [2.75, 3.05) is 27.1 Å². The van der Waals surface area contributed by atoms with E-state index in [0.717, 1.165) is 12.2 Å². The highest BCUT2D eigenvalue weighted by Gasteiger charge is 2.36. The minimum Gasteiger partial charge on any atom is -0.377 e. The maximum absolute atomic E-state index is 10.7. The van der Waals surface area contributed by atoms with Crippen LogP contribution in [0.2, 0.25) is 6.04 Å². The smallest absolute Gasteiger partial charge is 0.377 e. The summed E-state index contributed by atoms with van der Waals surface area (Å²) in [6.45, 7) is 0.497. The molecule has 0 radical (unpaired) electrons. The number of hydrogen-bond acceptors (Lipinski definition) is 8. The van der Waals surface area contributed by atoms with Crippen molar-refractivity contribution in [1.82, 2.24) is 9.55 Å². The maximum atomic E-state index is 10.7. The monoisotopic (exact) mass is 450 g/mol. The van der Waals surface area contributed by atoms with Gasteiger partial charge in [-0.05, 0) is 12.8 Å². The topological polar surface area (TPSA) is 174 Å². The van der Waals surface area contributed by atoms with Gasteiger partial charge < -0.3 is 17.8 Å². The lowest BCUT2D eigenvalue weighted by molar-refractivity contribution is 0.123. The second-order valence-electron chi connectivity index (χ2n) is 5.27. The third-order valence-electron chi connectivity index (χ3n) is 3.42. The van der Waals surface area contributed by atoms with E-state index < -0.39 is 29.3 Å². The number of imidazole rings is 1. The van der Waals surface area contributed by atoms with Crippen molar-refractivity contribution in [3.8, 4) is 0 Å². The number of rotatable bonds is 11. The van der Waals surface area contributed by atoms with Crippen LogP contribution in [0.3, 0.4) is 0 Å². The molecule has 0 aliphatic carbocycles. The summed E-state index contributed by atoms with van der Waals surface area (Å²) in [5, 5.41) is 0. The summed E-state index contributed by atoms with van der Waals surface area (Å²) in [6, 6.07) is 0.675. The maximum Gasteiger partial charge on any atom is 0.500 e. The van der Waals surface area contributed by atoms with E-state index in [2.05, 4.69) is 4.98 Å². The van der Waals surface area contributed by atoms with E-state index in [0.29, 0.717) is 25.4 Å². The molecule has 0 aliphatic heterocycles. The van der Waals surface area contributed by atoms with Gasteiger partial charge in [0.05, 0.1) is 5.75 Å². The van der Waals surface area contributed by atoms with Gasteiger partial charge in [0.15, 0.2) is 0 Å². The van der Waals surface area contributed by atoms with E-state index in [1.54, 1.807) is 33.7 Å². The molecule has 1 aromatic heterocycles. The standard InChI is InChI=1S/C12H24N2O6SSi.H2O4S/c1-18-22(19-2,20-3)11-4-6-12-13-7-9-14(12)8-5-10-21(15,16)17;1-5(2,3)4/h7,9H,4-6,8,10-11H2,1-3H3,(H,15,16,17);(H2,1,2,3,4). The Balaban J connectivity index is 0.00000119. The van der Waals surface area contributed by atoms with Gasteiger partial charge in [-0.3, -0.25) is 13.7 Å². The average Bonchev–Trinajstić information content (AvgIpc) is 2.97. The molecule has 0 aliphatic rings. The zero-order valence-corrected chi connectivity index (χ0v) is 17.9. The molecule has 0 saturated heterocycles. The van der Waals surface area contributed by atoms with Crippen LogP contribution < -0.4 is 0 Å². The normalized spacial score (nSPS) is 12.5. The number of aromatic nitrogens is 2. The van der Waals surface area contributed by atoms with Crippen molar-refractivity contribution in [3.05, 3.63) is 18.2 Å². The summed E-state index contributed by atoms with van der Waals surface area (Å²) in [7, 11) is -6.41. The first kappa shape index (κ1) is 26.1. The molecule has 15 heteroatoms. The fourth-order valence-corrected chi connectivity index (χ4v) is 4.42. The van der Waals surface area contributed by atoms with Crippen LogP contribution >= 0.6 is 0 Å². The Morgan fingerprint density at radius 1 is 1.04 bits per heavy atom.